The van der Waals surface area contributed by atoms with Crippen molar-refractivity contribution in [3.8, 4) is 5.75 Å². The van der Waals surface area contributed by atoms with E-state index < -0.39 is 40.0 Å². The summed E-state index contributed by atoms with van der Waals surface area (Å²) in [5.74, 6) is -3.97. The van der Waals surface area contributed by atoms with Gasteiger partial charge in [0.25, 0.3) is 0 Å². The van der Waals surface area contributed by atoms with E-state index >= 15 is 0 Å². The molecule has 0 fully saturated rings. The Morgan fingerprint density at radius 1 is 1.21 bits per heavy atom. The summed E-state index contributed by atoms with van der Waals surface area (Å²) in [6.07, 6.45) is 0. The minimum Gasteiger partial charge on any atom is -0.479 e. The minimum absolute atomic E-state index is 0.0846. The average molecular weight is 452 g/mol. The summed E-state index contributed by atoms with van der Waals surface area (Å²) >= 11 is 6.80. The summed E-state index contributed by atoms with van der Waals surface area (Å²) in [4.78, 5) is 10.7. The first-order valence-electron chi connectivity index (χ1n) is 7.79. The fraction of sp³-hybridized carbons (Fsp3) is 0.235. The molecule has 0 aliphatic rings. The van der Waals surface area contributed by atoms with Crippen LogP contribution in [0, 0.1) is 11.6 Å². The summed E-state index contributed by atoms with van der Waals surface area (Å²) in [6.45, 7) is -0.774. The van der Waals surface area contributed by atoms with E-state index in [1.165, 1.54) is 31.3 Å². The van der Waals surface area contributed by atoms with Gasteiger partial charge in [-0.05, 0) is 36.4 Å². The lowest BCUT2D eigenvalue weighted by Gasteiger charge is -2.17. The molecule has 2 aromatic rings. The van der Waals surface area contributed by atoms with Crippen LogP contribution in [0.3, 0.4) is 0 Å². The van der Waals surface area contributed by atoms with Crippen molar-refractivity contribution >= 4 is 39.4 Å². The smallest absolute Gasteiger partial charge is 0.341 e. The third-order valence-electron chi connectivity index (χ3n) is 3.51. The third kappa shape index (κ3) is 5.81. The molecular weight excluding hydrogens is 436 g/mol. The molecule has 152 valence electrons. The van der Waals surface area contributed by atoms with Crippen LogP contribution in [0.25, 0.3) is 0 Å². The first kappa shape index (κ1) is 22.4. The maximum atomic E-state index is 13.9. The van der Waals surface area contributed by atoms with Crippen LogP contribution in [-0.2, 0) is 14.8 Å². The Balaban J connectivity index is 1.98. The molecule has 0 atom stereocenters. The molecule has 0 bridgehead atoms. The van der Waals surface area contributed by atoms with Crippen molar-refractivity contribution in [2.24, 2.45) is 0 Å². The highest BCUT2D eigenvalue weighted by Gasteiger charge is 2.20. The number of carboxylic acid groups (broad SMARTS) is 1. The largest absolute Gasteiger partial charge is 0.479 e. The molecule has 0 saturated heterocycles. The van der Waals surface area contributed by atoms with Gasteiger partial charge in [-0.1, -0.05) is 11.6 Å². The Labute approximate surface area is 170 Å². The number of nitrogens with zero attached hydrogens (tertiary/aromatic N) is 1. The van der Waals surface area contributed by atoms with Crippen LogP contribution < -0.4 is 4.74 Å². The second kappa shape index (κ2) is 9.55. The Morgan fingerprint density at radius 2 is 1.79 bits per heavy atom. The Kier molecular flexibility index (Phi) is 7.64. The van der Waals surface area contributed by atoms with Crippen molar-refractivity contribution < 1.29 is 31.8 Å². The number of hydrogen-bond acceptors (Lipinski definition) is 5. The van der Waals surface area contributed by atoms with E-state index in [2.05, 4.69) is 4.74 Å². The summed E-state index contributed by atoms with van der Waals surface area (Å²) in [5, 5.41) is 8.92. The maximum Gasteiger partial charge on any atom is 0.341 e. The molecule has 0 radical (unpaired) electrons. The lowest BCUT2D eigenvalue weighted by Crippen LogP contribution is -2.29. The molecule has 0 aliphatic carbocycles. The van der Waals surface area contributed by atoms with E-state index in [0.29, 0.717) is 5.02 Å². The number of carbonyl (C=O) groups is 1. The molecular formula is C17H16ClF2NO5S2. The quantitative estimate of drug-likeness (QED) is 0.587. The van der Waals surface area contributed by atoms with Crippen LogP contribution in [0.15, 0.2) is 46.2 Å². The molecule has 0 aromatic heterocycles. The molecule has 0 saturated carbocycles. The van der Waals surface area contributed by atoms with Gasteiger partial charge in [0.1, 0.15) is 0 Å². The molecule has 2 aromatic carbocycles. The summed E-state index contributed by atoms with van der Waals surface area (Å²) in [7, 11) is -2.31. The molecule has 0 unspecified atom stereocenters. The molecule has 0 spiro atoms. The zero-order valence-electron chi connectivity index (χ0n) is 14.6. The standard InChI is InChI=1S/C17H16ClF2NO5S2/c1-21(28(24,25)13-4-2-11(18)3-5-13)6-7-27-12-8-14(19)17(15(20)9-12)26-10-16(22)23/h2-5,8-9H,6-7,10H2,1H3,(H,22,23). The zero-order chi connectivity index (χ0) is 20.9. The van der Waals surface area contributed by atoms with Crippen molar-refractivity contribution in [3.05, 3.63) is 53.1 Å². The van der Waals surface area contributed by atoms with Gasteiger partial charge < -0.3 is 9.84 Å². The molecule has 6 nitrogen and oxygen atoms in total. The fourth-order valence-corrected chi connectivity index (χ4v) is 4.48. The predicted octanol–water partition coefficient (Wildman–Crippen LogP) is 3.49. The molecule has 11 heteroatoms. The van der Waals surface area contributed by atoms with Gasteiger partial charge in [0.2, 0.25) is 10.0 Å². The number of ether oxygens (including phenoxy) is 1. The van der Waals surface area contributed by atoms with Gasteiger partial charge in [0, 0.05) is 29.3 Å². The molecule has 0 heterocycles. The summed E-state index contributed by atoms with van der Waals surface area (Å²) in [6, 6.07) is 7.72. The van der Waals surface area contributed by atoms with Crippen LogP contribution in [0.1, 0.15) is 0 Å². The highest BCUT2D eigenvalue weighted by Crippen LogP contribution is 2.29. The highest BCUT2D eigenvalue weighted by atomic mass is 35.5. The van der Waals surface area contributed by atoms with E-state index in [-0.39, 0.29) is 22.1 Å². The predicted molar refractivity (Wildman–Crippen MR) is 101 cm³/mol. The second-order valence-electron chi connectivity index (χ2n) is 5.53. The maximum absolute atomic E-state index is 13.9. The summed E-state index contributed by atoms with van der Waals surface area (Å²) < 4.78 is 58.4. The first-order valence-corrected chi connectivity index (χ1v) is 10.6. The third-order valence-corrected chi connectivity index (χ3v) is 6.59. The molecule has 1 N–H and O–H groups in total. The van der Waals surface area contributed by atoms with Crippen LogP contribution >= 0.6 is 23.4 Å². The van der Waals surface area contributed by atoms with Gasteiger partial charge in [0.15, 0.2) is 24.0 Å². The van der Waals surface area contributed by atoms with Crippen molar-refractivity contribution in [1.29, 1.82) is 0 Å². The van der Waals surface area contributed by atoms with Crippen molar-refractivity contribution in [3.63, 3.8) is 0 Å². The van der Waals surface area contributed by atoms with E-state index in [4.69, 9.17) is 16.7 Å². The van der Waals surface area contributed by atoms with Gasteiger partial charge in [0.05, 0.1) is 4.90 Å². The van der Waals surface area contributed by atoms with Gasteiger partial charge in [-0.15, -0.1) is 11.8 Å². The number of sulfonamides is 1. The number of thioether (sulfide) groups is 1. The molecule has 2 rings (SSSR count). The SMILES string of the molecule is CN(CCSc1cc(F)c(OCC(=O)O)c(F)c1)S(=O)(=O)c1ccc(Cl)cc1. The molecule has 28 heavy (non-hydrogen) atoms. The van der Waals surface area contributed by atoms with Gasteiger partial charge >= 0.3 is 5.97 Å². The van der Waals surface area contributed by atoms with Crippen molar-refractivity contribution in [1.82, 2.24) is 4.31 Å². The summed E-state index contributed by atoms with van der Waals surface area (Å²) in [5.41, 5.74) is 0. The van der Waals surface area contributed by atoms with E-state index in [9.17, 15) is 22.0 Å². The van der Waals surface area contributed by atoms with Gasteiger partial charge in [-0.25, -0.2) is 26.3 Å². The first-order chi connectivity index (χ1) is 13.1. The number of hydrogen-bond donors (Lipinski definition) is 1. The zero-order valence-corrected chi connectivity index (χ0v) is 17.0. The van der Waals surface area contributed by atoms with E-state index in [1.54, 1.807) is 0 Å². The minimum atomic E-state index is -3.71. The number of carboxylic acids is 1. The number of aliphatic carboxylic acids is 1. The lowest BCUT2D eigenvalue weighted by molar-refractivity contribution is -0.139. The Bertz CT molecular complexity index is 932. The molecule has 0 aliphatic heterocycles. The van der Waals surface area contributed by atoms with Crippen LogP contribution in [-0.4, -0.2) is 49.8 Å². The van der Waals surface area contributed by atoms with Crippen LogP contribution in [0.5, 0.6) is 5.75 Å². The van der Waals surface area contributed by atoms with Crippen molar-refractivity contribution in [2.75, 3.05) is 26.0 Å². The topological polar surface area (TPSA) is 83.9 Å². The van der Waals surface area contributed by atoms with Crippen molar-refractivity contribution in [2.45, 2.75) is 9.79 Å². The number of halogens is 3. The normalized spacial score (nSPS) is 11.6. The van der Waals surface area contributed by atoms with Crippen LogP contribution in [0.2, 0.25) is 5.02 Å². The average Bonchev–Trinajstić information content (AvgIpc) is 2.61. The molecule has 0 amide bonds. The second-order valence-corrected chi connectivity index (χ2v) is 9.18. The van der Waals surface area contributed by atoms with Gasteiger partial charge in [-0.2, -0.15) is 0 Å². The van der Waals surface area contributed by atoms with Crippen LogP contribution in [0.4, 0.5) is 8.78 Å². The fourth-order valence-electron chi connectivity index (χ4n) is 2.09. The Hall–Kier alpha value is -1.88. The van der Waals surface area contributed by atoms with E-state index in [1.807, 2.05) is 0 Å². The number of rotatable bonds is 9. The lowest BCUT2D eigenvalue weighted by atomic mass is 10.3. The number of benzene rings is 2. The van der Waals surface area contributed by atoms with Gasteiger partial charge in [-0.3, -0.25) is 0 Å². The highest BCUT2D eigenvalue weighted by molar-refractivity contribution is 7.99. The monoisotopic (exact) mass is 451 g/mol. The van der Waals surface area contributed by atoms with E-state index in [0.717, 1.165) is 28.2 Å². The Morgan fingerprint density at radius 3 is 2.32 bits per heavy atom.